The zero-order valence-electron chi connectivity index (χ0n) is 10.5. The van der Waals surface area contributed by atoms with E-state index in [9.17, 15) is 8.42 Å². The first-order valence-corrected chi connectivity index (χ1v) is 7.27. The second-order valence-electron chi connectivity index (χ2n) is 4.08. The molecule has 0 aromatic carbocycles. The summed E-state index contributed by atoms with van der Waals surface area (Å²) >= 11 is 5.83. The molecule has 0 aliphatic rings. The highest BCUT2D eigenvalue weighted by molar-refractivity contribution is 7.89. The van der Waals surface area contributed by atoms with Crippen molar-refractivity contribution in [1.29, 1.82) is 0 Å². The van der Waals surface area contributed by atoms with Gasteiger partial charge in [0.05, 0.1) is 6.20 Å². The standard InChI is InChI=1S/C11H13ClN4O2S/c1-15-7-9(6-14-15)8-16(2)19(17,18)10-4-3-5-13-11(10)12/h3-7H,8H2,1-2H3. The fourth-order valence-electron chi connectivity index (χ4n) is 1.63. The molecule has 2 aromatic rings. The molecule has 8 heteroatoms. The van der Waals surface area contributed by atoms with Gasteiger partial charge in [0.2, 0.25) is 10.0 Å². The number of rotatable bonds is 4. The lowest BCUT2D eigenvalue weighted by atomic mass is 10.4. The molecule has 2 aromatic heterocycles. The molecule has 0 N–H and O–H groups in total. The third-order valence-electron chi connectivity index (χ3n) is 2.58. The Hall–Kier alpha value is -1.44. The normalized spacial score (nSPS) is 12.0. The lowest BCUT2D eigenvalue weighted by Gasteiger charge is -2.16. The van der Waals surface area contributed by atoms with Crippen LogP contribution in [0, 0.1) is 0 Å². The summed E-state index contributed by atoms with van der Waals surface area (Å²) < 4.78 is 27.5. The fourth-order valence-corrected chi connectivity index (χ4v) is 3.21. The van der Waals surface area contributed by atoms with Gasteiger partial charge < -0.3 is 0 Å². The van der Waals surface area contributed by atoms with Gasteiger partial charge in [-0.2, -0.15) is 9.40 Å². The Morgan fingerprint density at radius 1 is 1.47 bits per heavy atom. The summed E-state index contributed by atoms with van der Waals surface area (Å²) in [6.45, 7) is 0.224. The van der Waals surface area contributed by atoms with Gasteiger partial charge in [-0.3, -0.25) is 4.68 Å². The lowest BCUT2D eigenvalue weighted by molar-refractivity contribution is 0.466. The number of pyridine rings is 1. The summed E-state index contributed by atoms with van der Waals surface area (Å²) in [6, 6.07) is 2.97. The number of aryl methyl sites for hydroxylation is 1. The van der Waals surface area contributed by atoms with E-state index >= 15 is 0 Å². The van der Waals surface area contributed by atoms with E-state index in [1.165, 1.54) is 29.7 Å². The van der Waals surface area contributed by atoms with E-state index in [4.69, 9.17) is 11.6 Å². The van der Waals surface area contributed by atoms with Gasteiger partial charge >= 0.3 is 0 Å². The van der Waals surface area contributed by atoms with Gasteiger partial charge in [-0.15, -0.1) is 0 Å². The Labute approximate surface area is 116 Å². The van der Waals surface area contributed by atoms with Crippen molar-refractivity contribution in [2.24, 2.45) is 7.05 Å². The van der Waals surface area contributed by atoms with Crippen LogP contribution in [0.1, 0.15) is 5.56 Å². The molecule has 0 atom stereocenters. The predicted molar refractivity (Wildman–Crippen MR) is 71.1 cm³/mol. The number of nitrogens with zero attached hydrogens (tertiary/aromatic N) is 4. The Kier molecular flexibility index (Phi) is 3.88. The van der Waals surface area contributed by atoms with Crippen LogP contribution in [0.5, 0.6) is 0 Å². The van der Waals surface area contributed by atoms with Crippen molar-refractivity contribution in [3.63, 3.8) is 0 Å². The molecular formula is C11H13ClN4O2S. The summed E-state index contributed by atoms with van der Waals surface area (Å²) in [5, 5.41) is 3.97. The number of halogens is 1. The molecule has 0 fully saturated rings. The largest absolute Gasteiger partial charge is 0.275 e. The van der Waals surface area contributed by atoms with Crippen LogP contribution in [0.15, 0.2) is 35.6 Å². The molecule has 0 spiro atoms. The number of hydrogen-bond acceptors (Lipinski definition) is 4. The van der Waals surface area contributed by atoms with Crippen molar-refractivity contribution < 1.29 is 8.42 Å². The van der Waals surface area contributed by atoms with Gasteiger partial charge in [0.15, 0.2) is 0 Å². The summed E-state index contributed by atoms with van der Waals surface area (Å²) in [4.78, 5) is 3.78. The average Bonchev–Trinajstić information content (AvgIpc) is 2.75. The SMILES string of the molecule is CN(Cc1cnn(C)c1)S(=O)(=O)c1cccnc1Cl. The van der Waals surface area contributed by atoms with Crippen molar-refractivity contribution in [1.82, 2.24) is 19.1 Å². The molecule has 0 aliphatic carbocycles. The second-order valence-corrected chi connectivity index (χ2v) is 6.45. The quantitative estimate of drug-likeness (QED) is 0.798. The molecule has 102 valence electrons. The van der Waals surface area contributed by atoms with Crippen LogP contribution in [-0.4, -0.2) is 34.5 Å². The van der Waals surface area contributed by atoms with E-state index in [1.54, 1.807) is 24.1 Å². The van der Waals surface area contributed by atoms with Gasteiger partial charge in [0.25, 0.3) is 0 Å². The Morgan fingerprint density at radius 2 is 2.21 bits per heavy atom. The Morgan fingerprint density at radius 3 is 2.79 bits per heavy atom. The van der Waals surface area contributed by atoms with Crippen molar-refractivity contribution >= 4 is 21.6 Å². The van der Waals surface area contributed by atoms with Gasteiger partial charge in [0.1, 0.15) is 10.0 Å². The van der Waals surface area contributed by atoms with Gasteiger partial charge in [-0.1, -0.05) is 11.6 Å². The molecule has 19 heavy (non-hydrogen) atoms. The monoisotopic (exact) mass is 300 g/mol. The first-order chi connectivity index (χ1) is 8.91. The fraction of sp³-hybridized carbons (Fsp3) is 0.273. The maximum Gasteiger partial charge on any atom is 0.246 e. The summed E-state index contributed by atoms with van der Waals surface area (Å²) in [7, 11) is -0.391. The van der Waals surface area contributed by atoms with Crippen molar-refractivity contribution in [3.8, 4) is 0 Å². The van der Waals surface area contributed by atoms with Crippen LogP contribution in [-0.2, 0) is 23.6 Å². The predicted octanol–water partition coefficient (Wildman–Crippen LogP) is 1.29. The molecule has 0 unspecified atom stereocenters. The van der Waals surface area contributed by atoms with E-state index in [0.29, 0.717) is 0 Å². The highest BCUT2D eigenvalue weighted by Crippen LogP contribution is 2.22. The minimum atomic E-state index is -3.66. The summed E-state index contributed by atoms with van der Waals surface area (Å²) in [6.07, 6.45) is 4.83. The minimum Gasteiger partial charge on any atom is -0.275 e. The van der Waals surface area contributed by atoms with E-state index in [0.717, 1.165) is 5.56 Å². The van der Waals surface area contributed by atoms with E-state index in [2.05, 4.69) is 10.1 Å². The summed E-state index contributed by atoms with van der Waals surface area (Å²) in [5.74, 6) is 0. The van der Waals surface area contributed by atoms with E-state index in [1.807, 2.05) is 0 Å². The van der Waals surface area contributed by atoms with Crippen LogP contribution in [0.2, 0.25) is 5.15 Å². The maximum atomic E-state index is 12.3. The van der Waals surface area contributed by atoms with Crippen molar-refractivity contribution in [2.45, 2.75) is 11.4 Å². The van der Waals surface area contributed by atoms with Gasteiger partial charge in [-0.05, 0) is 12.1 Å². The number of sulfonamides is 1. The molecule has 2 rings (SSSR count). The number of aromatic nitrogens is 3. The second kappa shape index (κ2) is 5.28. The minimum absolute atomic E-state index is 0.00283. The van der Waals surface area contributed by atoms with E-state index < -0.39 is 10.0 Å². The maximum absolute atomic E-state index is 12.3. The van der Waals surface area contributed by atoms with Crippen LogP contribution >= 0.6 is 11.6 Å². The van der Waals surface area contributed by atoms with E-state index in [-0.39, 0.29) is 16.6 Å². The topological polar surface area (TPSA) is 68.1 Å². The van der Waals surface area contributed by atoms with Crippen LogP contribution in [0.3, 0.4) is 0 Å². The molecule has 0 radical (unpaired) electrons. The summed E-state index contributed by atoms with van der Waals surface area (Å²) in [5.41, 5.74) is 0.800. The Balaban J connectivity index is 2.27. The smallest absolute Gasteiger partial charge is 0.246 e. The van der Waals surface area contributed by atoms with Gasteiger partial charge in [0, 0.05) is 38.6 Å². The van der Waals surface area contributed by atoms with Crippen molar-refractivity contribution in [3.05, 3.63) is 41.4 Å². The van der Waals surface area contributed by atoms with Crippen molar-refractivity contribution in [2.75, 3.05) is 7.05 Å². The van der Waals surface area contributed by atoms with Gasteiger partial charge in [-0.25, -0.2) is 13.4 Å². The van der Waals surface area contributed by atoms with Crippen LogP contribution < -0.4 is 0 Å². The molecule has 0 saturated heterocycles. The molecule has 0 aliphatic heterocycles. The molecule has 0 amide bonds. The van der Waals surface area contributed by atoms with Crippen LogP contribution in [0.4, 0.5) is 0 Å². The highest BCUT2D eigenvalue weighted by atomic mass is 35.5. The highest BCUT2D eigenvalue weighted by Gasteiger charge is 2.24. The zero-order chi connectivity index (χ0) is 14.0. The zero-order valence-corrected chi connectivity index (χ0v) is 12.1. The first-order valence-electron chi connectivity index (χ1n) is 5.45. The molecule has 6 nitrogen and oxygen atoms in total. The molecular weight excluding hydrogens is 288 g/mol. The first kappa shape index (κ1) is 14.0. The van der Waals surface area contributed by atoms with Crippen LogP contribution in [0.25, 0.3) is 0 Å². The lowest BCUT2D eigenvalue weighted by Crippen LogP contribution is -2.26. The third kappa shape index (κ3) is 2.94. The third-order valence-corrected chi connectivity index (χ3v) is 4.82. The molecule has 2 heterocycles. The molecule has 0 saturated carbocycles. The average molecular weight is 301 g/mol. The molecule has 0 bridgehead atoms. The number of hydrogen-bond donors (Lipinski definition) is 0. The Bertz CT molecular complexity index is 684.